The van der Waals surface area contributed by atoms with E-state index in [-0.39, 0.29) is 0 Å². The van der Waals surface area contributed by atoms with Crippen LogP contribution in [0.5, 0.6) is 0 Å². The molecule has 104 valence electrons. The molecule has 0 unspecified atom stereocenters. The molecule has 0 heterocycles. The Kier molecular flexibility index (Phi) is 10.3. The third kappa shape index (κ3) is 7.88. The van der Waals surface area contributed by atoms with Crippen LogP contribution in [0.15, 0.2) is 0 Å². The van der Waals surface area contributed by atoms with E-state index in [4.69, 9.17) is 17.7 Å². The largest absolute Gasteiger partial charge is 0.750 e. The molecule has 0 aliphatic rings. The highest BCUT2D eigenvalue weighted by atomic mass is 79.9. The van der Waals surface area contributed by atoms with Crippen LogP contribution in [0.2, 0.25) is 0 Å². The van der Waals surface area contributed by atoms with Crippen LogP contribution >= 0.6 is 15.9 Å². The second-order valence-corrected chi connectivity index (χ2v) is 8.09. The van der Waals surface area contributed by atoms with Gasteiger partial charge >= 0.3 is 15.0 Å². The van der Waals surface area contributed by atoms with E-state index in [0.29, 0.717) is 0 Å². The first-order chi connectivity index (χ1) is 7.72. The Hall–Kier alpha value is 0.0469. The highest BCUT2D eigenvalue weighted by molar-refractivity contribution is 9.10. The van der Waals surface area contributed by atoms with Gasteiger partial charge < -0.3 is 17.7 Å². The lowest BCUT2D eigenvalue weighted by Crippen LogP contribution is -2.50. The van der Waals surface area contributed by atoms with Gasteiger partial charge in [-0.05, 0) is 13.8 Å². The summed E-state index contributed by atoms with van der Waals surface area (Å²) in [5.74, 6) is -0.491. The first-order valence-electron chi connectivity index (χ1n) is 5.30. The summed E-state index contributed by atoms with van der Waals surface area (Å²) in [4.78, 5) is 11.5. The molecule has 0 saturated carbocycles. The molecular formula is C10H23BrO5Si. The molecule has 0 aliphatic carbocycles. The third-order valence-electron chi connectivity index (χ3n) is 1.45. The first-order valence-corrected chi connectivity index (χ1v) is 7.73. The molecule has 0 atom stereocenters. The molecule has 0 saturated heterocycles. The number of halogens is 1. The molecule has 0 bridgehead atoms. The van der Waals surface area contributed by atoms with E-state index < -0.39 is 19.3 Å². The van der Waals surface area contributed by atoms with Crippen molar-refractivity contribution in [2.24, 2.45) is 0 Å². The van der Waals surface area contributed by atoms with Gasteiger partial charge in [0, 0.05) is 21.3 Å². The molecule has 0 aromatic rings. The van der Waals surface area contributed by atoms with Crippen molar-refractivity contribution in [3.63, 3.8) is 0 Å². The van der Waals surface area contributed by atoms with Crippen molar-refractivity contribution in [3.8, 4) is 0 Å². The fourth-order valence-corrected chi connectivity index (χ4v) is 2.07. The standard InChI is InChI=1S/C7H15BrO5Si.C3H8/c1-7(2,8)6(9)13-14(10-3,11-4)12-5;1-3-2/h1-5H3;3H2,1-2H3. The molecular weight excluding hydrogens is 308 g/mol. The number of alkyl halides is 1. The van der Waals surface area contributed by atoms with Gasteiger partial charge in [-0.3, -0.25) is 4.79 Å². The Labute approximate surface area is 113 Å². The van der Waals surface area contributed by atoms with Crippen molar-refractivity contribution in [3.05, 3.63) is 0 Å². The van der Waals surface area contributed by atoms with E-state index in [1.54, 1.807) is 13.8 Å². The average Bonchev–Trinajstić information content (AvgIpc) is 2.25. The quantitative estimate of drug-likeness (QED) is 0.572. The second-order valence-electron chi connectivity index (χ2n) is 3.68. The average molecular weight is 331 g/mol. The zero-order valence-corrected chi connectivity index (χ0v) is 14.2. The Bertz CT molecular complexity index is 205. The van der Waals surface area contributed by atoms with Gasteiger partial charge in [-0.2, -0.15) is 0 Å². The molecule has 0 aromatic heterocycles. The van der Waals surface area contributed by atoms with Crippen molar-refractivity contribution >= 4 is 30.9 Å². The summed E-state index contributed by atoms with van der Waals surface area (Å²) in [6.07, 6.45) is 1.25. The van der Waals surface area contributed by atoms with Gasteiger partial charge in [-0.15, -0.1) is 0 Å². The van der Waals surface area contributed by atoms with Crippen LogP contribution in [-0.4, -0.2) is 40.7 Å². The Morgan fingerprint density at radius 3 is 1.59 bits per heavy atom. The topological polar surface area (TPSA) is 54.0 Å². The van der Waals surface area contributed by atoms with Crippen molar-refractivity contribution in [2.45, 2.75) is 38.4 Å². The Morgan fingerprint density at radius 1 is 1.12 bits per heavy atom. The lowest BCUT2D eigenvalue weighted by atomic mass is 10.2. The van der Waals surface area contributed by atoms with Crippen LogP contribution in [0.4, 0.5) is 0 Å². The Morgan fingerprint density at radius 2 is 1.41 bits per heavy atom. The minimum Gasteiger partial charge on any atom is -0.451 e. The minimum atomic E-state index is -3.27. The van der Waals surface area contributed by atoms with Crippen molar-refractivity contribution in [1.29, 1.82) is 0 Å². The van der Waals surface area contributed by atoms with Crippen LogP contribution in [0.25, 0.3) is 0 Å². The first kappa shape index (κ1) is 19.4. The molecule has 0 N–H and O–H groups in total. The fraction of sp³-hybridized carbons (Fsp3) is 0.900. The van der Waals surface area contributed by atoms with Gasteiger partial charge in [-0.1, -0.05) is 36.2 Å². The lowest BCUT2D eigenvalue weighted by molar-refractivity contribution is -0.144. The van der Waals surface area contributed by atoms with Gasteiger partial charge in [0.25, 0.3) is 0 Å². The van der Waals surface area contributed by atoms with E-state index in [2.05, 4.69) is 29.8 Å². The molecule has 0 amide bonds. The molecule has 17 heavy (non-hydrogen) atoms. The zero-order valence-electron chi connectivity index (χ0n) is 11.6. The number of hydrogen-bond acceptors (Lipinski definition) is 5. The van der Waals surface area contributed by atoms with Crippen LogP contribution in [0.1, 0.15) is 34.1 Å². The van der Waals surface area contributed by atoms with Gasteiger partial charge in [0.2, 0.25) is 0 Å². The van der Waals surface area contributed by atoms with Crippen molar-refractivity contribution in [1.82, 2.24) is 0 Å². The van der Waals surface area contributed by atoms with E-state index in [1.165, 1.54) is 27.8 Å². The van der Waals surface area contributed by atoms with Crippen LogP contribution in [0.3, 0.4) is 0 Å². The maximum atomic E-state index is 11.5. The minimum absolute atomic E-state index is 0.491. The Balaban J connectivity index is 0. The van der Waals surface area contributed by atoms with Crippen LogP contribution in [-0.2, 0) is 22.5 Å². The summed E-state index contributed by atoms with van der Waals surface area (Å²) in [5.41, 5.74) is 0. The van der Waals surface area contributed by atoms with Gasteiger partial charge in [0.05, 0.1) is 0 Å². The maximum Gasteiger partial charge on any atom is 0.750 e. The van der Waals surface area contributed by atoms with E-state index in [1.807, 2.05) is 0 Å². The van der Waals surface area contributed by atoms with Gasteiger partial charge in [-0.25, -0.2) is 0 Å². The normalized spacial score (nSPS) is 11.5. The monoisotopic (exact) mass is 330 g/mol. The summed E-state index contributed by atoms with van der Waals surface area (Å²) < 4.78 is 19.0. The smallest absolute Gasteiger partial charge is 0.451 e. The molecule has 0 aliphatic heterocycles. The molecule has 0 spiro atoms. The predicted molar refractivity (Wildman–Crippen MR) is 71.8 cm³/mol. The van der Waals surface area contributed by atoms with E-state index in [9.17, 15) is 4.79 Å². The number of rotatable bonds is 5. The van der Waals surface area contributed by atoms with Crippen LogP contribution < -0.4 is 0 Å². The fourth-order valence-electron chi connectivity index (χ4n) is 0.610. The van der Waals surface area contributed by atoms with E-state index >= 15 is 0 Å². The molecule has 0 radical (unpaired) electrons. The summed E-state index contributed by atoms with van der Waals surface area (Å²) in [7, 11) is 0.837. The predicted octanol–water partition coefficient (Wildman–Crippen LogP) is 2.49. The number of carbonyl (C=O) groups is 1. The number of hydrogen-bond donors (Lipinski definition) is 0. The van der Waals surface area contributed by atoms with Gasteiger partial charge in [0.15, 0.2) is 0 Å². The van der Waals surface area contributed by atoms with Crippen molar-refractivity contribution in [2.75, 3.05) is 21.3 Å². The highest BCUT2D eigenvalue weighted by Gasteiger charge is 2.49. The van der Waals surface area contributed by atoms with Crippen LogP contribution in [0, 0.1) is 0 Å². The molecule has 0 aromatic carbocycles. The third-order valence-corrected chi connectivity index (χ3v) is 3.71. The summed E-state index contributed by atoms with van der Waals surface area (Å²) >= 11 is 3.17. The molecule has 7 heteroatoms. The highest BCUT2D eigenvalue weighted by Crippen LogP contribution is 2.21. The summed E-state index contributed by atoms with van der Waals surface area (Å²) in [6, 6.07) is 0. The molecule has 0 fully saturated rings. The van der Waals surface area contributed by atoms with Crippen molar-refractivity contribution < 1.29 is 22.5 Å². The maximum absolute atomic E-state index is 11.5. The second kappa shape index (κ2) is 9.04. The number of carbonyl (C=O) groups excluding carboxylic acids is 1. The van der Waals surface area contributed by atoms with E-state index in [0.717, 1.165) is 0 Å². The van der Waals surface area contributed by atoms with Gasteiger partial charge in [0.1, 0.15) is 4.32 Å². The lowest BCUT2D eigenvalue weighted by Gasteiger charge is -2.25. The molecule has 0 rings (SSSR count). The zero-order chi connectivity index (χ0) is 14.1. The molecule has 5 nitrogen and oxygen atoms in total. The summed E-state index contributed by atoms with van der Waals surface area (Å²) in [5, 5.41) is 0. The summed E-state index contributed by atoms with van der Waals surface area (Å²) in [6.45, 7) is 7.57. The SMILES string of the molecule is CCC.CO[Si](OC)(OC)OC(=O)C(C)(C)Br.